The van der Waals surface area contributed by atoms with Gasteiger partial charge in [-0.15, -0.1) is 0 Å². The summed E-state index contributed by atoms with van der Waals surface area (Å²) in [5, 5.41) is 7.90. The molecule has 0 saturated heterocycles. The van der Waals surface area contributed by atoms with Crippen LogP contribution in [-0.4, -0.2) is 21.3 Å². The van der Waals surface area contributed by atoms with E-state index in [1.54, 1.807) is 6.33 Å². The first-order chi connectivity index (χ1) is 10.1. The van der Waals surface area contributed by atoms with Gasteiger partial charge >= 0.3 is 0 Å². The maximum atomic E-state index is 4.44. The molecule has 0 radical (unpaired) electrons. The minimum absolute atomic E-state index is 0.237. The first kappa shape index (κ1) is 16.2. The first-order valence-electron chi connectivity index (χ1n) is 7.46. The van der Waals surface area contributed by atoms with Crippen LogP contribution in [-0.2, 0) is 13.0 Å². The van der Waals surface area contributed by atoms with Gasteiger partial charge in [0.2, 0.25) is 0 Å². The summed E-state index contributed by atoms with van der Waals surface area (Å²) in [6.45, 7) is 8.35. The molecule has 0 aliphatic heterocycles. The van der Waals surface area contributed by atoms with Gasteiger partial charge in [-0.2, -0.15) is 5.10 Å². The van der Waals surface area contributed by atoms with Crippen LogP contribution >= 0.6 is 15.9 Å². The van der Waals surface area contributed by atoms with E-state index in [1.165, 1.54) is 5.56 Å². The Morgan fingerprint density at radius 1 is 1.29 bits per heavy atom. The van der Waals surface area contributed by atoms with Crippen LogP contribution in [0.25, 0.3) is 0 Å². The quantitative estimate of drug-likeness (QED) is 0.829. The molecule has 21 heavy (non-hydrogen) atoms. The number of rotatable bonds is 7. The number of aromatic nitrogens is 3. The summed E-state index contributed by atoms with van der Waals surface area (Å²) in [5.74, 6) is 1.59. The van der Waals surface area contributed by atoms with E-state index in [1.807, 2.05) is 10.7 Å². The monoisotopic (exact) mass is 350 g/mol. The van der Waals surface area contributed by atoms with Crippen molar-refractivity contribution < 1.29 is 0 Å². The largest absolute Gasteiger partial charge is 0.310 e. The molecule has 0 saturated carbocycles. The number of likely N-dealkylation sites (N-methyl/N-ethyl adjacent to an activating group) is 1. The third-order valence-corrected chi connectivity index (χ3v) is 4.07. The minimum atomic E-state index is 0.237. The lowest BCUT2D eigenvalue weighted by Crippen LogP contribution is -2.25. The lowest BCUT2D eigenvalue weighted by atomic mass is 10.0. The maximum absolute atomic E-state index is 4.44. The first-order valence-corrected chi connectivity index (χ1v) is 8.25. The van der Waals surface area contributed by atoms with E-state index in [0.29, 0.717) is 5.92 Å². The van der Waals surface area contributed by atoms with Crippen molar-refractivity contribution in [2.45, 2.75) is 39.8 Å². The Morgan fingerprint density at radius 2 is 2.05 bits per heavy atom. The van der Waals surface area contributed by atoms with Crippen molar-refractivity contribution in [3.05, 3.63) is 46.5 Å². The van der Waals surface area contributed by atoms with Gasteiger partial charge in [0.1, 0.15) is 12.2 Å². The highest BCUT2D eigenvalue weighted by Gasteiger charge is 2.17. The smallest absolute Gasteiger partial charge is 0.138 e. The molecule has 1 heterocycles. The zero-order valence-corrected chi connectivity index (χ0v) is 14.5. The summed E-state index contributed by atoms with van der Waals surface area (Å²) in [6, 6.07) is 8.58. The summed E-state index contributed by atoms with van der Waals surface area (Å²) < 4.78 is 3.15. The van der Waals surface area contributed by atoms with E-state index >= 15 is 0 Å². The van der Waals surface area contributed by atoms with E-state index in [-0.39, 0.29) is 6.04 Å². The Kier molecular flexibility index (Phi) is 5.94. The van der Waals surface area contributed by atoms with Crippen LogP contribution in [0.15, 0.2) is 35.1 Å². The molecule has 1 aromatic heterocycles. The number of nitrogens with one attached hydrogen (secondary N) is 1. The molecule has 1 N–H and O–H groups in total. The number of benzene rings is 1. The molecule has 1 unspecified atom stereocenters. The Bertz CT molecular complexity index is 565. The van der Waals surface area contributed by atoms with E-state index in [9.17, 15) is 0 Å². The summed E-state index contributed by atoms with van der Waals surface area (Å²) in [6.07, 6.45) is 2.49. The SMILES string of the molecule is CCNC(Cc1ncnn1CC(C)C)c1ccccc1Br. The van der Waals surface area contributed by atoms with E-state index in [2.05, 4.69) is 70.3 Å². The number of hydrogen-bond acceptors (Lipinski definition) is 3. The van der Waals surface area contributed by atoms with E-state index < -0.39 is 0 Å². The molecule has 4 nitrogen and oxygen atoms in total. The summed E-state index contributed by atoms with van der Waals surface area (Å²) in [5.41, 5.74) is 1.26. The van der Waals surface area contributed by atoms with Crippen molar-refractivity contribution >= 4 is 15.9 Å². The predicted octanol–water partition coefficient (Wildman–Crippen LogP) is 3.59. The van der Waals surface area contributed by atoms with Crippen LogP contribution in [0.3, 0.4) is 0 Å². The van der Waals surface area contributed by atoms with Crippen LogP contribution in [0.4, 0.5) is 0 Å². The van der Waals surface area contributed by atoms with Gasteiger partial charge in [0.25, 0.3) is 0 Å². The van der Waals surface area contributed by atoms with Gasteiger partial charge in [-0.3, -0.25) is 0 Å². The Labute approximate surface area is 135 Å². The number of nitrogens with zero attached hydrogens (tertiary/aromatic N) is 3. The van der Waals surface area contributed by atoms with Crippen molar-refractivity contribution in [2.75, 3.05) is 6.54 Å². The van der Waals surface area contributed by atoms with Gasteiger partial charge in [-0.05, 0) is 24.1 Å². The molecule has 2 aromatic rings. The molecule has 1 atom stereocenters. The third-order valence-electron chi connectivity index (χ3n) is 3.35. The van der Waals surface area contributed by atoms with Gasteiger partial charge in [0.15, 0.2) is 0 Å². The molecule has 1 aromatic carbocycles. The molecule has 0 spiro atoms. The van der Waals surface area contributed by atoms with Gasteiger partial charge in [0.05, 0.1) is 0 Å². The average molecular weight is 351 g/mol. The van der Waals surface area contributed by atoms with Crippen molar-refractivity contribution in [3.63, 3.8) is 0 Å². The normalized spacial score (nSPS) is 12.8. The van der Waals surface area contributed by atoms with Crippen molar-refractivity contribution in [3.8, 4) is 0 Å². The van der Waals surface area contributed by atoms with Gasteiger partial charge in [-0.25, -0.2) is 9.67 Å². The highest BCUT2D eigenvalue weighted by molar-refractivity contribution is 9.10. The molecule has 0 aliphatic carbocycles. The molecule has 0 bridgehead atoms. The molecule has 0 aliphatic rings. The Morgan fingerprint density at radius 3 is 2.71 bits per heavy atom. The van der Waals surface area contributed by atoms with Crippen LogP contribution < -0.4 is 5.32 Å². The minimum Gasteiger partial charge on any atom is -0.310 e. The van der Waals surface area contributed by atoms with Crippen molar-refractivity contribution in [1.29, 1.82) is 0 Å². The van der Waals surface area contributed by atoms with Crippen LogP contribution in [0.2, 0.25) is 0 Å². The molecular formula is C16H23BrN4. The number of hydrogen-bond donors (Lipinski definition) is 1. The standard InChI is InChI=1S/C16H23BrN4/c1-4-18-15(13-7-5-6-8-14(13)17)9-16-19-11-20-21(16)10-12(2)3/h5-8,11-12,15,18H,4,9-10H2,1-3H3. The fraction of sp³-hybridized carbons (Fsp3) is 0.500. The zero-order chi connectivity index (χ0) is 15.2. The van der Waals surface area contributed by atoms with Crippen LogP contribution in [0.5, 0.6) is 0 Å². The van der Waals surface area contributed by atoms with Gasteiger partial charge in [0, 0.05) is 23.5 Å². The highest BCUT2D eigenvalue weighted by Crippen LogP contribution is 2.25. The lowest BCUT2D eigenvalue weighted by molar-refractivity contribution is 0.446. The van der Waals surface area contributed by atoms with E-state index in [4.69, 9.17) is 0 Å². The third kappa shape index (κ3) is 4.38. The summed E-state index contributed by atoms with van der Waals surface area (Å²) >= 11 is 3.65. The second-order valence-corrected chi connectivity index (χ2v) is 6.44. The molecule has 0 amide bonds. The second-order valence-electron chi connectivity index (χ2n) is 5.59. The molecule has 5 heteroatoms. The van der Waals surface area contributed by atoms with E-state index in [0.717, 1.165) is 29.8 Å². The average Bonchev–Trinajstić information content (AvgIpc) is 2.85. The summed E-state index contributed by atoms with van der Waals surface area (Å²) in [4.78, 5) is 4.44. The molecule has 114 valence electrons. The summed E-state index contributed by atoms with van der Waals surface area (Å²) in [7, 11) is 0. The van der Waals surface area contributed by atoms with Crippen molar-refractivity contribution in [2.24, 2.45) is 5.92 Å². The van der Waals surface area contributed by atoms with Crippen LogP contribution in [0, 0.1) is 5.92 Å². The maximum Gasteiger partial charge on any atom is 0.138 e. The highest BCUT2D eigenvalue weighted by atomic mass is 79.9. The van der Waals surface area contributed by atoms with Crippen LogP contribution in [0.1, 0.15) is 38.2 Å². The Balaban J connectivity index is 2.21. The number of halogens is 1. The van der Waals surface area contributed by atoms with Gasteiger partial charge in [-0.1, -0.05) is 54.9 Å². The van der Waals surface area contributed by atoms with Gasteiger partial charge < -0.3 is 5.32 Å². The fourth-order valence-corrected chi connectivity index (χ4v) is 2.98. The fourth-order valence-electron chi connectivity index (χ4n) is 2.42. The Hall–Kier alpha value is -1.20. The zero-order valence-electron chi connectivity index (χ0n) is 12.9. The topological polar surface area (TPSA) is 42.7 Å². The lowest BCUT2D eigenvalue weighted by Gasteiger charge is -2.20. The second kappa shape index (κ2) is 7.71. The predicted molar refractivity (Wildman–Crippen MR) is 89.1 cm³/mol. The molecule has 2 rings (SSSR count). The molecule has 0 fully saturated rings. The molecular weight excluding hydrogens is 328 g/mol. The van der Waals surface area contributed by atoms with Crippen molar-refractivity contribution in [1.82, 2.24) is 20.1 Å².